The highest BCUT2D eigenvalue weighted by Crippen LogP contribution is 2.21. The van der Waals surface area contributed by atoms with Gasteiger partial charge < -0.3 is 9.47 Å². The van der Waals surface area contributed by atoms with E-state index in [2.05, 4.69) is 4.74 Å². The molecule has 5 nitrogen and oxygen atoms in total. The number of carbonyl (C=O) groups is 3. The van der Waals surface area contributed by atoms with Crippen molar-refractivity contribution in [2.24, 2.45) is 0 Å². The maximum atomic E-state index is 11.5. The SMILES string of the molecule is COC(=O)c1cc(C(C)=O)ccc1OC(C)=O. The monoisotopic (exact) mass is 236 g/mol. The molecule has 0 radical (unpaired) electrons. The summed E-state index contributed by atoms with van der Waals surface area (Å²) in [6.07, 6.45) is 0. The number of ketones is 1. The molecule has 17 heavy (non-hydrogen) atoms. The summed E-state index contributed by atoms with van der Waals surface area (Å²) in [7, 11) is 1.21. The highest BCUT2D eigenvalue weighted by molar-refractivity contribution is 5.99. The van der Waals surface area contributed by atoms with Crippen LogP contribution in [-0.2, 0) is 9.53 Å². The van der Waals surface area contributed by atoms with Crippen LogP contribution in [0.4, 0.5) is 0 Å². The largest absolute Gasteiger partial charge is 0.465 e. The van der Waals surface area contributed by atoms with Crippen LogP contribution in [0.1, 0.15) is 34.6 Å². The van der Waals surface area contributed by atoms with Gasteiger partial charge in [-0.15, -0.1) is 0 Å². The molecule has 0 saturated heterocycles. The first kappa shape index (κ1) is 12.9. The topological polar surface area (TPSA) is 69.7 Å². The number of hydrogen-bond acceptors (Lipinski definition) is 5. The molecule has 0 unspecified atom stereocenters. The van der Waals surface area contributed by atoms with Crippen molar-refractivity contribution < 1.29 is 23.9 Å². The van der Waals surface area contributed by atoms with E-state index in [1.807, 2.05) is 0 Å². The molecule has 0 bridgehead atoms. The minimum absolute atomic E-state index is 0.0513. The van der Waals surface area contributed by atoms with Crippen molar-refractivity contribution in [3.05, 3.63) is 29.3 Å². The molecule has 0 atom stereocenters. The number of rotatable bonds is 3. The molecule has 0 fully saturated rings. The summed E-state index contributed by atoms with van der Waals surface area (Å²) < 4.78 is 9.40. The van der Waals surface area contributed by atoms with E-state index < -0.39 is 11.9 Å². The smallest absolute Gasteiger partial charge is 0.341 e. The summed E-state index contributed by atoms with van der Waals surface area (Å²) in [4.78, 5) is 33.5. The van der Waals surface area contributed by atoms with Crippen molar-refractivity contribution in [1.29, 1.82) is 0 Å². The molecular formula is C12H12O5. The first-order chi connectivity index (χ1) is 7.95. The molecule has 90 valence electrons. The van der Waals surface area contributed by atoms with Crippen molar-refractivity contribution in [3.63, 3.8) is 0 Å². The first-order valence-electron chi connectivity index (χ1n) is 4.87. The molecular weight excluding hydrogens is 224 g/mol. The van der Waals surface area contributed by atoms with E-state index in [-0.39, 0.29) is 17.1 Å². The minimum atomic E-state index is -0.663. The standard InChI is InChI=1S/C12H12O5/c1-7(13)9-4-5-11(17-8(2)14)10(6-9)12(15)16-3/h4-6H,1-3H3. The normalized spacial score (nSPS) is 9.59. The van der Waals surface area contributed by atoms with E-state index in [4.69, 9.17) is 4.74 Å². The van der Waals surface area contributed by atoms with Gasteiger partial charge in [0.05, 0.1) is 7.11 Å². The van der Waals surface area contributed by atoms with Gasteiger partial charge in [0.1, 0.15) is 11.3 Å². The van der Waals surface area contributed by atoms with Gasteiger partial charge in [0.2, 0.25) is 0 Å². The highest BCUT2D eigenvalue weighted by atomic mass is 16.5. The number of benzene rings is 1. The maximum Gasteiger partial charge on any atom is 0.341 e. The Bertz CT molecular complexity index is 476. The molecule has 0 heterocycles. The van der Waals surface area contributed by atoms with E-state index in [1.54, 1.807) is 0 Å². The van der Waals surface area contributed by atoms with Crippen molar-refractivity contribution >= 4 is 17.7 Å². The molecule has 1 aromatic carbocycles. The van der Waals surface area contributed by atoms with Crippen LogP contribution in [0.2, 0.25) is 0 Å². The van der Waals surface area contributed by atoms with Gasteiger partial charge in [-0.25, -0.2) is 4.79 Å². The summed E-state index contributed by atoms with van der Waals surface area (Å²) in [6, 6.07) is 4.21. The lowest BCUT2D eigenvalue weighted by atomic mass is 10.1. The predicted molar refractivity (Wildman–Crippen MR) is 59.1 cm³/mol. The van der Waals surface area contributed by atoms with Crippen LogP contribution in [0.3, 0.4) is 0 Å². The van der Waals surface area contributed by atoms with Gasteiger partial charge in [-0.3, -0.25) is 9.59 Å². The number of esters is 2. The van der Waals surface area contributed by atoms with Crippen molar-refractivity contribution in [1.82, 2.24) is 0 Å². The lowest BCUT2D eigenvalue weighted by molar-refractivity contribution is -0.131. The Morgan fingerprint density at radius 3 is 2.24 bits per heavy atom. The molecule has 0 saturated carbocycles. The Labute approximate surface area is 98.3 Å². The van der Waals surface area contributed by atoms with Gasteiger partial charge in [0.15, 0.2) is 5.78 Å². The van der Waals surface area contributed by atoms with Gasteiger partial charge in [-0.05, 0) is 25.1 Å². The van der Waals surface area contributed by atoms with E-state index in [1.165, 1.54) is 39.2 Å². The maximum absolute atomic E-state index is 11.5. The van der Waals surface area contributed by atoms with Crippen LogP contribution < -0.4 is 4.74 Å². The van der Waals surface area contributed by atoms with E-state index in [0.717, 1.165) is 0 Å². The number of carbonyl (C=O) groups excluding carboxylic acids is 3. The molecule has 1 rings (SSSR count). The lowest BCUT2D eigenvalue weighted by Crippen LogP contribution is -2.10. The second-order valence-corrected chi connectivity index (χ2v) is 3.35. The molecule has 0 spiro atoms. The predicted octanol–water partition coefficient (Wildman–Crippen LogP) is 1.60. The van der Waals surface area contributed by atoms with Crippen LogP contribution in [0.5, 0.6) is 5.75 Å². The molecule has 0 N–H and O–H groups in total. The molecule has 0 aromatic heterocycles. The zero-order valence-corrected chi connectivity index (χ0v) is 9.77. The molecule has 0 aliphatic rings. The van der Waals surface area contributed by atoms with Crippen LogP contribution in [-0.4, -0.2) is 24.8 Å². The fourth-order valence-corrected chi connectivity index (χ4v) is 1.26. The van der Waals surface area contributed by atoms with E-state index in [0.29, 0.717) is 5.56 Å². The molecule has 0 aliphatic carbocycles. The summed E-state index contributed by atoms with van der Waals surface area (Å²) in [5.74, 6) is -1.33. The molecule has 0 amide bonds. The Balaban J connectivity index is 3.25. The molecule has 0 aliphatic heterocycles. The average molecular weight is 236 g/mol. The van der Waals surface area contributed by atoms with Gasteiger partial charge in [0, 0.05) is 12.5 Å². The Morgan fingerprint density at radius 1 is 1.12 bits per heavy atom. The minimum Gasteiger partial charge on any atom is -0.465 e. The fourth-order valence-electron chi connectivity index (χ4n) is 1.26. The van der Waals surface area contributed by atoms with Crippen LogP contribution in [0.25, 0.3) is 0 Å². The number of methoxy groups -OCH3 is 1. The Morgan fingerprint density at radius 2 is 1.76 bits per heavy atom. The van der Waals surface area contributed by atoms with E-state index >= 15 is 0 Å². The highest BCUT2D eigenvalue weighted by Gasteiger charge is 2.16. The van der Waals surface area contributed by atoms with Crippen molar-refractivity contribution in [2.45, 2.75) is 13.8 Å². The summed E-state index contributed by atoms with van der Waals surface area (Å²) in [6.45, 7) is 2.60. The molecule has 5 heteroatoms. The lowest BCUT2D eigenvalue weighted by Gasteiger charge is -2.08. The fraction of sp³-hybridized carbons (Fsp3) is 0.250. The zero-order valence-electron chi connectivity index (χ0n) is 9.77. The number of ether oxygens (including phenoxy) is 2. The second-order valence-electron chi connectivity index (χ2n) is 3.35. The summed E-state index contributed by atoms with van der Waals surface area (Å²) in [5, 5.41) is 0. The van der Waals surface area contributed by atoms with Crippen LogP contribution >= 0.6 is 0 Å². The molecule has 1 aromatic rings. The van der Waals surface area contributed by atoms with E-state index in [9.17, 15) is 14.4 Å². The first-order valence-corrected chi connectivity index (χ1v) is 4.87. The van der Waals surface area contributed by atoms with Gasteiger partial charge in [-0.2, -0.15) is 0 Å². The quantitative estimate of drug-likeness (QED) is 0.453. The number of hydrogen-bond donors (Lipinski definition) is 0. The number of Topliss-reactive ketones (excluding diaryl/α,β-unsaturated/α-hetero) is 1. The van der Waals surface area contributed by atoms with Gasteiger partial charge in [-0.1, -0.05) is 0 Å². The van der Waals surface area contributed by atoms with Crippen LogP contribution in [0, 0.1) is 0 Å². The Kier molecular flexibility index (Phi) is 3.98. The van der Waals surface area contributed by atoms with Crippen LogP contribution in [0.15, 0.2) is 18.2 Å². The van der Waals surface area contributed by atoms with Crippen molar-refractivity contribution in [3.8, 4) is 5.75 Å². The summed E-state index contributed by atoms with van der Waals surface area (Å²) >= 11 is 0. The van der Waals surface area contributed by atoms with Gasteiger partial charge in [0.25, 0.3) is 0 Å². The third kappa shape index (κ3) is 3.14. The third-order valence-electron chi connectivity index (χ3n) is 2.05. The van der Waals surface area contributed by atoms with Gasteiger partial charge >= 0.3 is 11.9 Å². The average Bonchev–Trinajstić information content (AvgIpc) is 2.27. The third-order valence-corrected chi connectivity index (χ3v) is 2.05. The van der Waals surface area contributed by atoms with Crippen molar-refractivity contribution in [2.75, 3.05) is 7.11 Å². The second kappa shape index (κ2) is 5.25. The summed E-state index contributed by atoms with van der Waals surface area (Å²) in [5.41, 5.74) is 0.400. The zero-order chi connectivity index (χ0) is 13.0. The Hall–Kier alpha value is -2.17.